The first kappa shape index (κ1) is 12.9. The van der Waals surface area contributed by atoms with Gasteiger partial charge in [-0.05, 0) is 26.8 Å². The molecule has 2 unspecified atom stereocenters. The molecule has 0 rings (SSSR count). The van der Waals surface area contributed by atoms with Crippen molar-refractivity contribution in [1.82, 2.24) is 5.32 Å². The molecule has 0 aliphatic rings. The van der Waals surface area contributed by atoms with Crippen molar-refractivity contribution in [3.8, 4) is 0 Å². The highest BCUT2D eigenvalue weighted by Gasteiger charge is 2.22. The maximum atomic E-state index is 9.09. The van der Waals surface area contributed by atoms with Crippen molar-refractivity contribution < 1.29 is 9.84 Å². The quantitative estimate of drug-likeness (QED) is 0.655. The molecule has 0 aliphatic carbocycles. The van der Waals surface area contributed by atoms with E-state index in [2.05, 4.69) is 26.1 Å². The molecule has 0 aromatic carbocycles. The molecule has 0 bridgehead atoms. The third-order valence-electron chi connectivity index (χ3n) is 2.56. The summed E-state index contributed by atoms with van der Waals surface area (Å²) in [5.74, 6) is 0.514. The molecule has 2 atom stereocenters. The first-order valence-corrected chi connectivity index (χ1v) is 4.86. The minimum Gasteiger partial charge on any atom is -0.394 e. The lowest BCUT2D eigenvalue weighted by molar-refractivity contribution is -0.0126. The van der Waals surface area contributed by atoms with E-state index in [-0.39, 0.29) is 18.2 Å². The Morgan fingerprint density at radius 3 is 2.23 bits per heavy atom. The third-order valence-corrected chi connectivity index (χ3v) is 2.56. The van der Waals surface area contributed by atoms with E-state index in [0.29, 0.717) is 12.5 Å². The number of nitrogens with one attached hydrogen (secondary N) is 1. The van der Waals surface area contributed by atoms with Gasteiger partial charge in [-0.25, -0.2) is 0 Å². The fourth-order valence-corrected chi connectivity index (χ4v) is 0.705. The summed E-state index contributed by atoms with van der Waals surface area (Å²) in [7, 11) is 1.83. The Hall–Kier alpha value is -0.120. The number of aliphatic hydroxyl groups excluding tert-OH is 1. The van der Waals surface area contributed by atoms with Crippen LogP contribution in [0.25, 0.3) is 0 Å². The van der Waals surface area contributed by atoms with Gasteiger partial charge in [0.05, 0.1) is 24.9 Å². The zero-order chi connectivity index (χ0) is 10.5. The Balaban J connectivity index is 3.85. The van der Waals surface area contributed by atoms with Crippen molar-refractivity contribution in [3.05, 3.63) is 0 Å². The molecule has 0 amide bonds. The Morgan fingerprint density at radius 2 is 1.92 bits per heavy atom. The van der Waals surface area contributed by atoms with Gasteiger partial charge in [0.15, 0.2) is 0 Å². The van der Waals surface area contributed by atoms with E-state index in [1.54, 1.807) is 0 Å². The molecule has 80 valence electrons. The summed E-state index contributed by atoms with van der Waals surface area (Å²) in [5, 5.41) is 12.1. The summed E-state index contributed by atoms with van der Waals surface area (Å²) in [4.78, 5) is 0. The van der Waals surface area contributed by atoms with Gasteiger partial charge in [0.1, 0.15) is 0 Å². The van der Waals surface area contributed by atoms with Gasteiger partial charge in [-0.1, -0.05) is 13.8 Å². The monoisotopic (exact) mass is 189 g/mol. The van der Waals surface area contributed by atoms with Crippen LogP contribution in [0.3, 0.4) is 0 Å². The average molecular weight is 189 g/mol. The van der Waals surface area contributed by atoms with E-state index < -0.39 is 0 Å². The SMILES string of the molecule is CNC(C)(CO)COC(C)C(C)C. The largest absolute Gasteiger partial charge is 0.394 e. The predicted molar refractivity (Wildman–Crippen MR) is 54.8 cm³/mol. The zero-order valence-electron chi connectivity index (χ0n) is 9.42. The fraction of sp³-hybridized carbons (Fsp3) is 1.00. The number of likely N-dealkylation sites (N-methyl/N-ethyl adjacent to an activating group) is 1. The van der Waals surface area contributed by atoms with Crippen LogP contribution in [-0.2, 0) is 4.74 Å². The lowest BCUT2D eigenvalue weighted by Crippen LogP contribution is -2.48. The standard InChI is InChI=1S/C10H23NO2/c1-8(2)9(3)13-7-10(4,6-12)11-5/h8-9,11-12H,6-7H2,1-5H3. The summed E-state index contributed by atoms with van der Waals surface area (Å²) in [6, 6.07) is 0. The number of hydrogen-bond acceptors (Lipinski definition) is 3. The molecule has 0 aromatic rings. The highest BCUT2D eigenvalue weighted by atomic mass is 16.5. The molecule has 0 spiro atoms. The second-order valence-corrected chi connectivity index (χ2v) is 4.23. The molecule has 0 heterocycles. The van der Waals surface area contributed by atoms with Crippen molar-refractivity contribution >= 4 is 0 Å². The second kappa shape index (κ2) is 5.58. The Kier molecular flexibility index (Phi) is 5.53. The van der Waals surface area contributed by atoms with E-state index in [1.165, 1.54) is 0 Å². The molecular formula is C10H23NO2. The van der Waals surface area contributed by atoms with Crippen LogP contribution < -0.4 is 5.32 Å². The zero-order valence-corrected chi connectivity index (χ0v) is 9.42. The summed E-state index contributed by atoms with van der Waals surface area (Å²) >= 11 is 0. The van der Waals surface area contributed by atoms with E-state index in [1.807, 2.05) is 14.0 Å². The number of rotatable bonds is 6. The topological polar surface area (TPSA) is 41.5 Å². The molecule has 2 N–H and O–H groups in total. The molecule has 0 aromatic heterocycles. The lowest BCUT2D eigenvalue weighted by Gasteiger charge is -2.29. The lowest BCUT2D eigenvalue weighted by atomic mass is 10.1. The van der Waals surface area contributed by atoms with Gasteiger partial charge in [0.25, 0.3) is 0 Å². The first-order valence-electron chi connectivity index (χ1n) is 4.86. The van der Waals surface area contributed by atoms with Gasteiger partial charge in [-0.15, -0.1) is 0 Å². The van der Waals surface area contributed by atoms with Crippen LogP contribution in [0.2, 0.25) is 0 Å². The van der Waals surface area contributed by atoms with Crippen molar-refractivity contribution in [2.75, 3.05) is 20.3 Å². The smallest absolute Gasteiger partial charge is 0.0671 e. The number of aliphatic hydroxyl groups is 1. The van der Waals surface area contributed by atoms with Gasteiger partial charge in [0.2, 0.25) is 0 Å². The molecular weight excluding hydrogens is 166 g/mol. The highest BCUT2D eigenvalue weighted by Crippen LogP contribution is 2.09. The van der Waals surface area contributed by atoms with Crippen LogP contribution in [0.1, 0.15) is 27.7 Å². The summed E-state index contributed by atoms with van der Waals surface area (Å²) < 4.78 is 5.63. The number of hydrogen-bond donors (Lipinski definition) is 2. The molecule has 0 fully saturated rings. The molecule has 0 aliphatic heterocycles. The van der Waals surface area contributed by atoms with Crippen LogP contribution >= 0.6 is 0 Å². The normalized spacial score (nSPS) is 18.7. The van der Waals surface area contributed by atoms with Crippen LogP contribution in [0, 0.1) is 5.92 Å². The summed E-state index contributed by atoms with van der Waals surface area (Å²) in [6.07, 6.45) is 0.235. The van der Waals surface area contributed by atoms with Crippen molar-refractivity contribution in [3.63, 3.8) is 0 Å². The van der Waals surface area contributed by atoms with Crippen LogP contribution in [0.5, 0.6) is 0 Å². The van der Waals surface area contributed by atoms with Crippen molar-refractivity contribution in [2.24, 2.45) is 5.92 Å². The van der Waals surface area contributed by atoms with E-state index in [4.69, 9.17) is 9.84 Å². The van der Waals surface area contributed by atoms with Gasteiger partial charge in [-0.3, -0.25) is 0 Å². The van der Waals surface area contributed by atoms with Crippen LogP contribution in [0.15, 0.2) is 0 Å². The first-order chi connectivity index (χ1) is 5.95. The fourth-order valence-electron chi connectivity index (χ4n) is 0.705. The van der Waals surface area contributed by atoms with E-state index in [9.17, 15) is 0 Å². The Bertz CT molecular complexity index is 133. The van der Waals surface area contributed by atoms with E-state index in [0.717, 1.165) is 0 Å². The molecule has 0 saturated heterocycles. The highest BCUT2D eigenvalue weighted by molar-refractivity contribution is 4.80. The average Bonchev–Trinajstić information content (AvgIpc) is 2.13. The summed E-state index contributed by atoms with van der Waals surface area (Å²) in [5.41, 5.74) is -0.316. The molecule has 3 heteroatoms. The van der Waals surface area contributed by atoms with Gasteiger partial charge in [-0.2, -0.15) is 0 Å². The number of ether oxygens (including phenoxy) is 1. The van der Waals surface area contributed by atoms with Crippen molar-refractivity contribution in [2.45, 2.75) is 39.3 Å². The Morgan fingerprint density at radius 1 is 1.38 bits per heavy atom. The van der Waals surface area contributed by atoms with Crippen LogP contribution in [0.4, 0.5) is 0 Å². The van der Waals surface area contributed by atoms with Crippen molar-refractivity contribution in [1.29, 1.82) is 0 Å². The van der Waals surface area contributed by atoms with E-state index >= 15 is 0 Å². The third kappa shape index (κ3) is 4.60. The maximum Gasteiger partial charge on any atom is 0.0671 e. The predicted octanol–water partition coefficient (Wildman–Crippen LogP) is 1.02. The summed E-state index contributed by atoms with van der Waals surface area (Å²) in [6.45, 7) is 8.88. The van der Waals surface area contributed by atoms with Gasteiger partial charge >= 0.3 is 0 Å². The molecule has 3 nitrogen and oxygen atoms in total. The minimum absolute atomic E-state index is 0.0916. The minimum atomic E-state index is -0.316. The maximum absolute atomic E-state index is 9.09. The molecule has 13 heavy (non-hydrogen) atoms. The second-order valence-electron chi connectivity index (χ2n) is 4.23. The molecule has 0 saturated carbocycles. The Labute approximate surface area is 81.5 Å². The van der Waals surface area contributed by atoms with Gasteiger partial charge < -0.3 is 15.2 Å². The molecule has 0 radical (unpaired) electrons. The van der Waals surface area contributed by atoms with Crippen LogP contribution in [-0.4, -0.2) is 37.0 Å². The van der Waals surface area contributed by atoms with Gasteiger partial charge in [0, 0.05) is 0 Å².